The van der Waals surface area contributed by atoms with Gasteiger partial charge in [0.25, 0.3) is 0 Å². The van der Waals surface area contributed by atoms with E-state index in [-0.39, 0.29) is 5.82 Å². The Morgan fingerprint density at radius 3 is 2.55 bits per heavy atom. The van der Waals surface area contributed by atoms with E-state index in [1.807, 2.05) is 37.3 Å². The fourth-order valence-electron chi connectivity index (χ4n) is 2.03. The third-order valence-corrected chi connectivity index (χ3v) is 4.28. The lowest BCUT2D eigenvalue weighted by Gasteiger charge is -2.05. The molecule has 0 radical (unpaired) electrons. The predicted octanol–water partition coefficient (Wildman–Crippen LogP) is 3.40. The van der Waals surface area contributed by atoms with Gasteiger partial charge in [0.1, 0.15) is 5.82 Å². The smallest absolute Gasteiger partial charge is 0.210 e. The van der Waals surface area contributed by atoms with Gasteiger partial charge in [0.15, 0.2) is 5.82 Å². The van der Waals surface area contributed by atoms with Crippen molar-refractivity contribution < 1.29 is 4.39 Å². The summed E-state index contributed by atoms with van der Waals surface area (Å²) in [5, 5.41) is 8.77. The quantitative estimate of drug-likeness (QED) is 0.592. The van der Waals surface area contributed by atoms with Crippen LogP contribution < -0.4 is 5.84 Å². The molecular formula is C16H15FN4S. The normalized spacial score (nSPS) is 10.8. The first kappa shape index (κ1) is 14.6. The van der Waals surface area contributed by atoms with Gasteiger partial charge in [0, 0.05) is 11.3 Å². The number of halogens is 1. The van der Waals surface area contributed by atoms with E-state index in [4.69, 9.17) is 5.84 Å². The average molecular weight is 314 g/mol. The molecule has 22 heavy (non-hydrogen) atoms. The SMILES string of the molecule is Cc1ccc(-c2nnc(SCc3ccccc3F)n2N)cc1. The average Bonchev–Trinajstić information content (AvgIpc) is 2.88. The first-order valence-corrected chi connectivity index (χ1v) is 7.77. The molecule has 0 aliphatic rings. The van der Waals surface area contributed by atoms with Gasteiger partial charge in [0.2, 0.25) is 5.16 Å². The molecule has 0 fully saturated rings. The Bertz CT molecular complexity index is 783. The largest absolute Gasteiger partial charge is 0.335 e. The monoisotopic (exact) mass is 314 g/mol. The van der Waals surface area contributed by atoms with Crippen LogP contribution in [0, 0.1) is 12.7 Å². The summed E-state index contributed by atoms with van der Waals surface area (Å²) in [4.78, 5) is 0. The van der Waals surface area contributed by atoms with E-state index in [0.29, 0.717) is 22.3 Å². The number of hydrogen-bond donors (Lipinski definition) is 1. The van der Waals surface area contributed by atoms with Crippen molar-refractivity contribution in [1.82, 2.24) is 14.9 Å². The molecule has 2 N–H and O–H groups in total. The van der Waals surface area contributed by atoms with Gasteiger partial charge in [-0.2, -0.15) is 0 Å². The maximum Gasteiger partial charge on any atom is 0.210 e. The molecule has 1 aromatic heterocycles. The Morgan fingerprint density at radius 1 is 1.09 bits per heavy atom. The third-order valence-electron chi connectivity index (χ3n) is 3.29. The molecule has 4 nitrogen and oxygen atoms in total. The number of nitrogens with two attached hydrogens (primary N) is 1. The van der Waals surface area contributed by atoms with E-state index in [1.54, 1.807) is 12.1 Å². The number of nitrogen functional groups attached to an aromatic ring is 1. The summed E-state index contributed by atoms with van der Waals surface area (Å²) in [7, 11) is 0. The highest BCUT2D eigenvalue weighted by Crippen LogP contribution is 2.25. The molecule has 112 valence electrons. The zero-order chi connectivity index (χ0) is 15.5. The molecule has 0 saturated heterocycles. The maximum absolute atomic E-state index is 13.6. The topological polar surface area (TPSA) is 56.7 Å². The minimum absolute atomic E-state index is 0.225. The summed E-state index contributed by atoms with van der Waals surface area (Å²) in [6, 6.07) is 14.6. The van der Waals surface area contributed by atoms with Gasteiger partial charge in [-0.05, 0) is 18.6 Å². The van der Waals surface area contributed by atoms with Crippen molar-refractivity contribution in [2.75, 3.05) is 5.84 Å². The third kappa shape index (κ3) is 2.96. The molecule has 0 aliphatic heterocycles. The molecule has 2 aromatic carbocycles. The van der Waals surface area contributed by atoms with Crippen molar-refractivity contribution in [3.05, 3.63) is 65.5 Å². The molecule has 6 heteroatoms. The van der Waals surface area contributed by atoms with Gasteiger partial charge < -0.3 is 5.84 Å². The predicted molar refractivity (Wildman–Crippen MR) is 86.3 cm³/mol. The zero-order valence-electron chi connectivity index (χ0n) is 12.0. The van der Waals surface area contributed by atoms with E-state index in [1.165, 1.54) is 28.1 Å². The molecule has 0 spiro atoms. The van der Waals surface area contributed by atoms with Crippen molar-refractivity contribution in [3.63, 3.8) is 0 Å². The van der Waals surface area contributed by atoms with Gasteiger partial charge in [-0.15, -0.1) is 10.2 Å². The second-order valence-corrected chi connectivity index (χ2v) is 5.86. The number of nitrogens with zero attached hydrogens (tertiary/aromatic N) is 3. The van der Waals surface area contributed by atoms with Crippen molar-refractivity contribution in [2.45, 2.75) is 17.8 Å². The highest BCUT2D eigenvalue weighted by Gasteiger charge is 2.12. The van der Waals surface area contributed by atoms with E-state index in [9.17, 15) is 4.39 Å². The van der Waals surface area contributed by atoms with E-state index in [2.05, 4.69) is 10.2 Å². The lowest BCUT2D eigenvalue weighted by atomic mass is 10.1. The molecule has 0 unspecified atom stereocenters. The van der Waals surface area contributed by atoms with Crippen molar-refractivity contribution in [3.8, 4) is 11.4 Å². The summed E-state index contributed by atoms with van der Waals surface area (Å²) in [6.45, 7) is 2.02. The minimum Gasteiger partial charge on any atom is -0.335 e. The van der Waals surface area contributed by atoms with Crippen LogP contribution in [0.1, 0.15) is 11.1 Å². The van der Waals surface area contributed by atoms with Crippen LogP contribution in [-0.2, 0) is 5.75 Å². The van der Waals surface area contributed by atoms with Gasteiger partial charge in [-0.3, -0.25) is 0 Å². The first-order chi connectivity index (χ1) is 10.6. The fourth-order valence-corrected chi connectivity index (χ4v) is 2.88. The molecular weight excluding hydrogens is 299 g/mol. The molecule has 0 atom stereocenters. The second kappa shape index (κ2) is 6.19. The van der Waals surface area contributed by atoms with Gasteiger partial charge >= 0.3 is 0 Å². The Morgan fingerprint density at radius 2 is 1.82 bits per heavy atom. The van der Waals surface area contributed by atoms with Crippen LogP contribution in [0.3, 0.4) is 0 Å². The van der Waals surface area contributed by atoms with Gasteiger partial charge in [-0.25, -0.2) is 9.07 Å². The molecule has 0 saturated carbocycles. The number of aromatic nitrogens is 3. The van der Waals surface area contributed by atoms with Gasteiger partial charge in [-0.1, -0.05) is 59.8 Å². The first-order valence-electron chi connectivity index (χ1n) is 6.79. The molecule has 0 amide bonds. The van der Waals surface area contributed by atoms with E-state index >= 15 is 0 Å². The van der Waals surface area contributed by atoms with Crippen LogP contribution in [0.25, 0.3) is 11.4 Å². The minimum atomic E-state index is -0.225. The molecule has 3 rings (SSSR count). The van der Waals surface area contributed by atoms with Crippen molar-refractivity contribution >= 4 is 11.8 Å². The van der Waals surface area contributed by atoms with E-state index in [0.717, 1.165) is 5.56 Å². The molecule has 0 bridgehead atoms. The summed E-state index contributed by atoms with van der Waals surface area (Å²) < 4.78 is 15.1. The number of benzene rings is 2. The highest BCUT2D eigenvalue weighted by molar-refractivity contribution is 7.98. The molecule has 3 aromatic rings. The van der Waals surface area contributed by atoms with Gasteiger partial charge in [0.05, 0.1) is 0 Å². The molecule has 1 heterocycles. The summed E-state index contributed by atoms with van der Waals surface area (Å²) in [5.41, 5.74) is 2.69. The van der Waals surface area contributed by atoms with Crippen molar-refractivity contribution in [1.29, 1.82) is 0 Å². The number of thioether (sulfide) groups is 1. The summed E-state index contributed by atoms with van der Waals surface area (Å²) in [6.07, 6.45) is 0. The lowest BCUT2D eigenvalue weighted by Crippen LogP contribution is -2.11. The Hall–Kier alpha value is -2.34. The van der Waals surface area contributed by atoms with Crippen LogP contribution in [0.15, 0.2) is 53.7 Å². The van der Waals surface area contributed by atoms with Crippen LogP contribution in [0.4, 0.5) is 4.39 Å². The number of hydrogen-bond acceptors (Lipinski definition) is 4. The Balaban J connectivity index is 1.79. The Labute approximate surface area is 132 Å². The molecule has 0 aliphatic carbocycles. The van der Waals surface area contributed by atoms with Crippen LogP contribution >= 0.6 is 11.8 Å². The van der Waals surface area contributed by atoms with Crippen LogP contribution in [0.5, 0.6) is 0 Å². The number of aryl methyl sites for hydroxylation is 1. The summed E-state index contributed by atoms with van der Waals surface area (Å²) >= 11 is 1.36. The Kier molecular flexibility index (Phi) is 4.11. The number of rotatable bonds is 4. The second-order valence-electron chi connectivity index (χ2n) is 4.92. The summed E-state index contributed by atoms with van der Waals surface area (Å²) in [5.74, 6) is 6.88. The fraction of sp³-hybridized carbons (Fsp3) is 0.125. The highest BCUT2D eigenvalue weighted by atomic mass is 32.2. The standard InChI is InChI=1S/C16H15FN4S/c1-11-6-8-12(9-7-11)15-19-20-16(21(15)18)22-10-13-4-2-3-5-14(13)17/h2-9H,10,18H2,1H3. The van der Waals surface area contributed by atoms with E-state index < -0.39 is 0 Å². The van der Waals surface area contributed by atoms with Crippen molar-refractivity contribution in [2.24, 2.45) is 0 Å². The van der Waals surface area contributed by atoms with Crippen LogP contribution in [0.2, 0.25) is 0 Å². The zero-order valence-corrected chi connectivity index (χ0v) is 12.8. The maximum atomic E-state index is 13.6. The lowest BCUT2D eigenvalue weighted by molar-refractivity contribution is 0.617. The van der Waals surface area contributed by atoms with Crippen LogP contribution in [-0.4, -0.2) is 14.9 Å².